The number of morpholine rings is 1. The molecule has 2 fully saturated rings. The number of nitrogens with zero attached hydrogens (tertiary/aromatic N) is 2. The largest absolute Gasteiger partial charge is 0.484 e. The fourth-order valence-corrected chi connectivity index (χ4v) is 4.57. The Bertz CT molecular complexity index is 1020. The summed E-state index contributed by atoms with van der Waals surface area (Å²) in [6, 6.07) is 14.2. The molecular formula is C22H19ClN2O4S2. The van der Waals surface area contributed by atoms with Crippen molar-refractivity contribution in [2.75, 3.05) is 37.8 Å². The van der Waals surface area contributed by atoms with Crippen molar-refractivity contribution in [2.24, 2.45) is 0 Å². The molecule has 2 aliphatic rings. The SMILES string of the molecule is O=C(COc1ccc(/C=C2\SC(=S)N(c3ccc(Cl)cc3)C2=O)cc1)N1CCOCC1. The molecule has 9 heteroatoms. The topological polar surface area (TPSA) is 59.1 Å². The van der Waals surface area contributed by atoms with Crippen molar-refractivity contribution < 1.29 is 19.1 Å². The van der Waals surface area contributed by atoms with Crippen LogP contribution < -0.4 is 9.64 Å². The summed E-state index contributed by atoms with van der Waals surface area (Å²) in [6.07, 6.45) is 1.79. The highest BCUT2D eigenvalue weighted by Gasteiger charge is 2.33. The molecule has 2 heterocycles. The average molecular weight is 475 g/mol. The number of anilines is 1. The predicted molar refractivity (Wildman–Crippen MR) is 126 cm³/mol. The lowest BCUT2D eigenvalue weighted by atomic mass is 10.2. The molecular weight excluding hydrogens is 456 g/mol. The van der Waals surface area contributed by atoms with Gasteiger partial charge in [-0.2, -0.15) is 0 Å². The molecule has 0 aliphatic carbocycles. The van der Waals surface area contributed by atoms with Gasteiger partial charge in [-0.15, -0.1) is 0 Å². The number of carbonyl (C=O) groups is 2. The minimum Gasteiger partial charge on any atom is -0.484 e. The fourth-order valence-electron chi connectivity index (χ4n) is 3.14. The monoisotopic (exact) mass is 474 g/mol. The number of halogens is 1. The van der Waals surface area contributed by atoms with Crippen LogP contribution in [0.25, 0.3) is 6.08 Å². The van der Waals surface area contributed by atoms with Gasteiger partial charge in [-0.1, -0.05) is 47.7 Å². The molecule has 0 saturated carbocycles. The summed E-state index contributed by atoms with van der Waals surface area (Å²) in [4.78, 5) is 28.8. The van der Waals surface area contributed by atoms with Crippen LogP contribution >= 0.6 is 35.6 Å². The standard InChI is InChI=1S/C22H19ClN2O4S2/c23-16-3-5-17(6-4-16)25-21(27)19(31-22(25)30)13-15-1-7-18(8-2-15)29-14-20(26)24-9-11-28-12-10-24/h1-8,13H,9-12,14H2/b19-13-. The van der Waals surface area contributed by atoms with E-state index in [2.05, 4.69) is 0 Å². The zero-order chi connectivity index (χ0) is 21.8. The van der Waals surface area contributed by atoms with E-state index in [9.17, 15) is 9.59 Å². The summed E-state index contributed by atoms with van der Waals surface area (Å²) >= 11 is 12.6. The van der Waals surface area contributed by atoms with E-state index in [1.807, 2.05) is 12.1 Å². The first kappa shape index (κ1) is 21.8. The van der Waals surface area contributed by atoms with Gasteiger partial charge in [0.05, 0.1) is 23.8 Å². The second kappa shape index (κ2) is 9.82. The Labute approximate surface area is 194 Å². The quantitative estimate of drug-likeness (QED) is 0.482. The predicted octanol–water partition coefficient (Wildman–Crippen LogP) is 3.98. The number of thiocarbonyl (C=S) groups is 1. The van der Waals surface area contributed by atoms with Crippen molar-refractivity contribution in [1.82, 2.24) is 4.90 Å². The Hall–Kier alpha value is -2.39. The van der Waals surface area contributed by atoms with E-state index in [1.165, 1.54) is 16.7 Å². The summed E-state index contributed by atoms with van der Waals surface area (Å²) in [5.41, 5.74) is 1.52. The number of ether oxygens (including phenoxy) is 2. The van der Waals surface area contributed by atoms with Crippen LogP contribution in [0.1, 0.15) is 5.56 Å². The van der Waals surface area contributed by atoms with Gasteiger partial charge in [-0.3, -0.25) is 14.5 Å². The van der Waals surface area contributed by atoms with Gasteiger partial charge in [0.15, 0.2) is 10.9 Å². The third-order valence-corrected chi connectivity index (χ3v) is 6.34. The zero-order valence-corrected chi connectivity index (χ0v) is 18.8. The summed E-state index contributed by atoms with van der Waals surface area (Å²) in [5.74, 6) is 0.361. The maximum atomic E-state index is 12.8. The number of rotatable bonds is 5. The summed E-state index contributed by atoms with van der Waals surface area (Å²) in [7, 11) is 0. The molecule has 0 unspecified atom stereocenters. The van der Waals surface area contributed by atoms with Gasteiger partial charge in [0.1, 0.15) is 5.75 Å². The first-order chi connectivity index (χ1) is 15.0. The lowest BCUT2D eigenvalue weighted by Crippen LogP contribution is -2.42. The highest BCUT2D eigenvalue weighted by atomic mass is 35.5. The molecule has 2 aromatic carbocycles. The van der Waals surface area contributed by atoms with Gasteiger partial charge in [0.2, 0.25) is 0 Å². The Kier molecular flexibility index (Phi) is 6.92. The number of carbonyl (C=O) groups excluding carboxylic acids is 2. The Morgan fingerprint density at radius 3 is 2.48 bits per heavy atom. The maximum Gasteiger partial charge on any atom is 0.270 e. The van der Waals surface area contributed by atoms with Gasteiger partial charge in [0, 0.05) is 18.1 Å². The first-order valence-corrected chi connectivity index (χ1v) is 11.2. The number of amides is 2. The lowest BCUT2D eigenvalue weighted by molar-refractivity contribution is -0.137. The average Bonchev–Trinajstić information content (AvgIpc) is 3.07. The van der Waals surface area contributed by atoms with Crippen molar-refractivity contribution in [2.45, 2.75) is 0 Å². The highest BCUT2D eigenvalue weighted by Crippen LogP contribution is 2.36. The molecule has 0 bridgehead atoms. The normalized spacial score (nSPS) is 18.0. The van der Waals surface area contributed by atoms with Crippen molar-refractivity contribution in [3.8, 4) is 5.75 Å². The van der Waals surface area contributed by atoms with E-state index in [4.69, 9.17) is 33.3 Å². The van der Waals surface area contributed by atoms with Crippen molar-refractivity contribution in [3.05, 3.63) is 64.0 Å². The van der Waals surface area contributed by atoms with E-state index in [-0.39, 0.29) is 18.4 Å². The molecule has 2 saturated heterocycles. The number of benzene rings is 2. The molecule has 31 heavy (non-hydrogen) atoms. The van der Waals surface area contributed by atoms with E-state index in [0.717, 1.165) is 5.56 Å². The van der Waals surface area contributed by atoms with E-state index in [1.54, 1.807) is 47.4 Å². The Balaban J connectivity index is 1.38. The molecule has 2 aromatic rings. The summed E-state index contributed by atoms with van der Waals surface area (Å²) in [6.45, 7) is 2.29. The molecule has 0 spiro atoms. The second-order valence-electron chi connectivity index (χ2n) is 6.84. The van der Waals surface area contributed by atoms with Crippen LogP contribution in [0.15, 0.2) is 53.4 Å². The van der Waals surface area contributed by atoms with Gasteiger partial charge in [0.25, 0.3) is 11.8 Å². The van der Waals surface area contributed by atoms with Crippen LogP contribution in [-0.4, -0.2) is 53.9 Å². The molecule has 160 valence electrons. The minimum atomic E-state index is -0.172. The van der Waals surface area contributed by atoms with E-state index in [0.29, 0.717) is 52.0 Å². The van der Waals surface area contributed by atoms with Crippen molar-refractivity contribution >= 4 is 63.5 Å². The molecule has 2 aliphatic heterocycles. The van der Waals surface area contributed by atoms with Gasteiger partial charge >= 0.3 is 0 Å². The lowest BCUT2D eigenvalue weighted by Gasteiger charge is -2.26. The first-order valence-electron chi connectivity index (χ1n) is 9.63. The number of thioether (sulfide) groups is 1. The van der Waals surface area contributed by atoms with Gasteiger partial charge in [-0.25, -0.2) is 0 Å². The molecule has 4 rings (SSSR count). The molecule has 2 amide bonds. The smallest absolute Gasteiger partial charge is 0.270 e. The maximum absolute atomic E-state index is 12.8. The molecule has 0 N–H and O–H groups in total. The van der Waals surface area contributed by atoms with Gasteiger partial charge < -0.3 is 14.4 Å². The minimum absolute atomic E-state index is 0.0148. The Morgan fingerprint density at radius 2 is 1.81 bits per heavy atom. The summed E-state index contributed by atoms with van der Waals surface area (Å²) < 4.78 is 11.3. The van der Waals surface area contributed by atoms with E-state index >= 15 is 0 Å². The Morgan fingerprint density at radius 1 is 1.13 bits per heavy atom. The van der Waals surface area contributed by atoms with Crippen LogP contribution in [-0.2, 0) is 14.3 Å². The number of hydrogen-bond acceptors (Lipinski definition) is 6. The van der Waals surface area contributed by atoms with Crippen LogP contribution in [0.2, 0.25) is 5.02 Å². The third kappa shape index (κ3) is 5.27. The van der Waals surface area contributed by atoms with Crippen LogP contribution in [0.5, 0.6) is 5.75 Å². The van der Waals surface area contributed by atoms with Crippen LogP contribution in [0.3, 0.4) is 0 Å². The van der Waals surface area contributed by atoms with Crippen molar-refractivity contribution in [3.63, 3.8) is 0 Å². The van der Waals surface area contributed by atoms with Crippen LogP contribution in [0.4, 0.5) is 5.69 Å². The molecule has 0 aromatic heterocycles. The number of hydrogen-bond donors (Lipinski definition) is 0. The zero-order valence-electron chi connectivity index (χ0n) is 16.5. The third-order valence-electron chi connectivity index (χ3n) is 4.78. The van der Waals surface area contributed by atoms with Crippen molar-refractivity contribution in [1.29, 1.82) is 0 Å². The van der Waals surface area contributed by atoms with Gasteiger partial charge in [-0.05, 0) is 48.0 Å². The fraction of sp³-hybridized carbons (Fsp3) is 0.227. The molecule has 6 nitrogen and oxygen atoms in total. The molecule has 0 atom stereocenters. The molecule has 0 radical (unpaired) electrons. The summed E-state index contributed by atoms with van der Waals surface area (Å²) in [5, 5.41) is 0.596. The highest BCUT2D eigenvalue weighted by molar-refractivity contribution is 8.27. The second-order valence-corrected chi connectivity index (χ2v) is 8.96. The van der Waals surface area contributed by atoms with E-state index < -0.39 is 0 Å². The van der Waals surface area contributed by atoms with Crippen LogP contribution in [0, 0.1) is 0 Å².